The summed E-state index contributed by atoms with van der Waals surface area (Å²) in [7, 11) is -4.04. The molecular formula is C25H21Cl2FN2O5S. The van der Waals surface area contributed by atoms with Gasteiger partial charge in [-0.05, 0) is 60.0 Å². The molecule has 0 bridgehead atoms. The second-order valence-corrected chi connectivity index (χ2v) is 10.8. The van der Waals surface area contributed by atoms with Crippen LogP contribution in [0.4, 0.5) is 10.1 Å². The van der Waals surface area contributed by atoms with E-state index >= 15 is 0 Å². The number of nitrogens with zero attached hydrogens (tertiary/aromatic N) is 1. The Hall–Kier alpha value is -2.98. The normalized spacial score (nSPS) is 15.7. The number of halogens is 3. The molecule has 36 heavy (non-hydrogen) atoms. The lowest BCUT2D eigenvalue weighted by atomic mass is 9.92. The number of carbonyl (C=O) groups is 2. The van der Waals surface area contributed by atoms with E-state index in [0.29, 0.717) is 22.7 Å². The van der Waals surface area contributed by atoms with E-state index in [-0.39, 0.29) is 22.9 Å². The van der Waals surface area contributed by atoms with Crippen molar-refractivity contribution in [1.29, 1.82) is 0 Å². The first-order valence-corrected chi connectivity index (χ1v) is 13.1. The third-order valence-electron chi connectivity index (χ3n) is 5.71. The monoisotopic (exact) mass is 550 g/mol. The topological polar surface area (TPSA) is 92.8 Å². The fourth-order valence-electron chi connectivity index (χ4n) is 4.00. The molecule has 7 nitrogen and oxygen atoms in total. The first-order chi connectivity index (χ1) is 17.1. The molecule has 1 aliphatic heterocycles. The first kappa shape index (κ1) is 26.1. The summed E-state index contributed by atoms with van der Waals surface area (Å²) >= 11 is 11.8. The summed E-state index contributed by atoms with van der Waals surface area (Å²) < 4.78 is 46.5. The number of amides is 1. The van der Waals surface area contributed by atoms with E-state index < -0.39 is 40.4 Å². The van der Waals surface area contributed by atoms with Crippen molar-refractivity contribution in [3.05, 3.63) is 93.7 Å². The minimum absolute atomic E-state index is 0.0809. The first-order valence-electron chi connectivity index (χ1n) is 10.9. The van der Waals surface area contributed by atoms with Crippen molar-refractivity contribution < 1.29 is 27.1 Å². The molecule has 1 aliphatic rings. The number of rotatable bonds is 7. The molecule has 0 saturated carbocycles. The van der Waals surface area contributed by atoms with Crippen molar-refractivity contribution in [2.24, 2.45) is 0 Å². The van der Waals surface area contributed by atoms with Gasteiger partial charge in [0.1, 0.15) is 5.82 Å². The van der Waals surface area contributed by atoms with Crippen LogP contribution in [0.3, 0.4) is 0 Å². The molecule has 3 aromatic rings. The van der Waals surface area contributed by atoms with E-state index in [2.05, 4.69) is 5.32 Å². The van der Waals surface area contributed by atoms with Crippen LogP contribution in [-0.4, -0.2) is 37.8 Å². The van der Waals surface area contributed by atoms with Gasteiger partial charge in [-0.2, -0.15) is 4.31 Å². The third kappa shape index (κ3) is 5.87. The summed E-state index contributed by atoms with van der Waals surface area (Å²) in [6, 6.07) is 15.4. The molecule has 3 aromatic carbocycles. The Balaban J connectivity index is 1.49. The lowest BCUT2D eigenvalue weighted by Gasteiger charge is -2.36. The number of sulfonamides is 1. The molecule has 1 unspecified atom stereocenters. The molecule has 0 spiro atoms. The summed E-state index contributed by atoms with van der Waals surface area (Å²) in [5, 5.41) is 3.13. The van der Waals surface area contributed by atoms with Crippen molar-refractivity contribution >= 4 is 50.8 Å². The Morgan fingerprint density at radius 1 is 1.03 bits per heavy atom. The maximum atomic E-state index is 13.4. The quantitative estimate of drug-likeness (QED) is 0.418. The number of hydrogen-bond acceptors (Lipinski definition) is 5. The van der Waals surface area contributed by atoms with Gasteiger partial charge >= 0.3 is 5.97 Å². The van der Waals surface area contributed by atoms with Crippen molar-refractivity contribution in [3.8, 4) is 0 Å². The van der Waals surface area contributed by atoms with Gasteiger partial charge in [0, 0.05) is 12.2 Å². The number of benzene rings is 3. The highest BCUT2D eigenvalue weighted by atomic mass is 35.5. The molecule has 0 aromatic heterocycles. The van der Waals surface area contributed by atoms with Crippen molar-refractivity contribution in [2.45, 2.75) is 23.8 Å². The highest BCUT2D eigenvalue weighted by Gasteiger charge is 2.37. The SMILES string of the molecule is O=C(COC(=O)CC1c2ccccc2CCN1S(=O)(=O)c1ccc(F)cc1)Nc1ccc(Cl)c(Cl)c1. The second-order valence-electron chi connectivity index (χ2n) is 8.08. The van der Waals surface area contributed by atoms with Gasteiger partial charge in [-0.1, -0.05) is 47.5 Å². The van der Waals surface area contributed by atoms with Crippen LogP contribution in [0.25, 0.3) is 0 Å². The highest BCUT2D eigenvalue weighted by Crippen LogP contribution is 2.36. The van der Waals surface area contributed by atoms with Gasteiger partial charge in [0.05, 0.1) is 27.4 Å². The van der Waals surface area contributed by atoms with E-state index in [9.17, 15) is 22.4 Å². The number of ether oxygens (including phenoxy) is 1. The molecule has 0 saturated heterocycles. The maximum absolute atomic E-state index is 13.4. The number of carbonyl (C=O) groups excluding carboxylic acids is 2. The van der Waals surface area contributed by atoms with E-state index in [1.807, 2.05) is 12.1 Å². The van der Waals surface area contributed by atoms with E-state index in [1.54, 1.807) is 18.2 Å². The van der Waals surface area contributed by atoms with Crippen LogP contribution in [0.5, 0.6) is 0 Å². The largest absolute Gasteiger partial charge is 0.456 e. The average molecular weight is 551 g/mol. The molecule has 0 radical (unpaired) electrons. The van der Waals surface area contributed by atoms with Crippen LogP contribution in [0.2, 0.25) is 10.0 Å². The van der Waals surface area contributed by atoms with Crippen molar-refractivity contribution in [1.82, 2.24) is 4.31 Å². The molecule has 1 N–H and O–H groups in total. The molecular weight excluding hydrogens is 530 g/mol. The molecule has 4 rings (SSSR count). The van der Waals surface area contributed by atoms with Crippen LogP contribution in [-0.2, 0) is 30.8 Å². The van der Waals surface area contributed by atoms with E-state index in [0.717, 1.165) is 17.7 Å². The number of anilines is 1. The predicted molar refractivity (Wildman–Crippen MR) is 134 cm³/mol. The van der Waals surface area contributed by atoms with Gasteiger partial charge < -0.3 is 10.1 Å². The molecule has 1 atom stereocenters. The van der Waals surface area contributed by atoms with Crippen molar-refractivity contribution in [2.75, 3.05) is 18.5 Å². The Morgan fingerprint density at radius 3 is 2.47 bits per heavy atom. The minimum atomic E-state index is -4.04. The molecule has 1 heterocycles. The maximum Gasteiger partial charge on any atom is 0.308 e. The predicted octanol–water partition coefficient (Wildman–Crippen LogP) is 4.99. The van der Waals surface area contributed by atoms with E-state index in [4.69, 9.17) is 27.9 Å². The van der Waals surface area contributed by atoms with Crippen molar-refractivity contribution in [3.63, 3.8) is 0 Å². The average Bonchev–Trinajstić information content (AvgIpc) is 2.85. The van der Waals surface area contributed by atoms with E-state index in [1.165, 1.54) is 28.6 Å². The molecule has 188 valence electrons. The summed E-state index contributed by atoms with van der Waals surface area (Å²) in [5.74, 6) is -1.90. The molecule has 11 heteroatoms. The minimum Gasteiger partial charge on any atom is -0.456 e. The Labute approximate surface area is 217 Å². The van der Waals surface area contributed by atoms with Crippen LogP contribution in [0.15, 0.2) is 71.6 Å². The molecule has 0 fully saturated rings. The zero-order valence-electron chi connectivity index (χ0n) is 18.8. The van der Waals surface area contributed by atoms with Gasteiger partial charge in [0.15, 0.2) is 6.61 Å². The van der Waals surface area contributed by atoms with Gasteiger partial charge in [-0.25, -0.2) is 12.8 Å². The zero-order chi connectivity index (χ0) is 25.9. The van der Waals surface area contributed by atoms with Gasteiger partial charge in [0.25, 0.3) is 5.91 Å². The number of fused-ring (bicyclic) bond motifs is 1. The fourth-order valence-corrected chi connectivity index (χ4v) is 5.91. The van der Waals surface area contributed by atoms with Gasteiger partial charge in [0.2, 0.25) is 10.0 Å². The number of esters is 1. The number of nitrogens with one attached hydrogen (secondary N) is 1. The lowest BCUT2D eigenvalue weighted by molar-refractivity contribution is -0.148. The second kappa shape index (κ2) is 11.0. The highest BCUT2D eigenvalue weighted by molar-refractivity contribution is 7.89. The zero-order valence-corrected chi connectivity index (χ0v) is 21.1. The summed E-state index contributed by atoms with van der Waals surface area (Å²) in [6.07, 6.45) is 0.145. The Kier molecular flexibility index (Phi) is 7.94. The number of hydrogen-bond donors (Lipinski definition) is 1. The van der Waals surface area contributed by atoms with Crippen LogP contribution < -0.4 is 5.32 Å². The van der Waals surface area contributed by atoms with Crippen LogP contribution >= 0.6 is 23.2 Å². The molecule has 0 aliphatic carbocycles. The Bertz CT molecular complexity index is 1400. The lowest BCUT2D eigenvalue weighted by Crippen LogP contribution is -2.41. The van der Waals surface area contributed by atoms with Gasteiger partial charge in [-0.15, -0.1) is 0 Å². The summed E-state index contributed by atoms with van der Waals surface area (Å²) in [5.41, 5.74) is 1.97. The van der Waals surface area contributed by atoms with Crippen LogP contribution in [0.1, 0.15) is 23.6 Å². The molecule has 1 amide bonds. The summed E-state index contributed by atoms with van der Waals surface area (Å²) in [6.45, 7) is -0.440. The third-order valence-corrected chi connectivity index (χ3v) is 8.37. The fraction of sp³-hybridized carbons (Fsp3) is 0.200. The summed E-state index contributed by atoms with van der Waals surface area (Å²) in [4.78, 5) is 24.9. The van der Waals surface area contributed by atoms with Gasteiger partial charge in [-0.3, -0.25) is 9.59 Å². The smallest absolute Gasteiger partial charge is 0.308 e. The Morgan fingerprint density at radius 2 is 1.75 bits per heavy atom. The standard InChI is InChI=1S/C25H21Cl2FN2O5S/c26-21-10-7-18(13-22(21)27)29-24(31)15-35-25(32)14-23-20-4-2-1-3-16(20)11-12-30(23)36(33,34)19-8-5-17(28)6-9-19/h1-10,13,23H,11-12,14-15H2,(H,29,31). The van der Waals surface area contributed by atoms with Crippen LogP contribution in [0, 0.1) is 5.82 Å².